The van der Waals surface area contributed by atoms with Gasteiger partial charge < -0.3 is 15.2 Å². The van der Waals surface area contributed by atoms with Crippen molar-refractivity contribution in [2.75, 3.05) is 7.11 Å². The number of carboxylic acids is 1. The number of carboxylic acid groups (broad SMARTS) is 1. The van der Waals surface area contributed by atoms with E-state index in [9.17, 15) is 4.79 Å². The molecule has 1 aromatic carbocycles. The summed E-state index contributed by atoms with van der Waals surface area (Å²) in [6.07, 6.45) is 1.94. The molecule has 0 bridgehead atoms. The summed E-state index contributed by atoms with van der Waals surface area (Å²) in [7, 11) is 1.52. The molecule has 1 aromatic rings. The Bertz CT molecular complexity index is 518. The molecule has 0 saturated heterocycles. The van der Waals surface area contributed by atoms with Gasteiger partial charge in [0.2, 0.25) is 0 Å². The van der Waals surface area contributed by atoms with Crippen LogP contribution in [0.5, 0.6) is 5.75 Å². The second kappa shape index (κ2) is 5.72. The number of nitrogens with zero attached hydrogens (tertiary/aromatic N) is 1. The van der Waals surface area contributed by atoms with Gasteiger partial charge in [0.15, 0.2) is 0 Å². The smallest absolute Gasteiger partial charge is 0.320 e. The molecular formula is C14H16N2O3. The van der Waals surface area contributed by atoms with Gasteiger partial charge in [-0.15, -0.1) is 0 Å². The van der Waals surface area contributed by atoms with Crippen LogP contribution < -0.4 is 10.1 Å². The standard InChI is InChI=1S/C14H16N2O3/c1-19-12-5-2-9(6-11(12)7-15)8-16-13(14(17)18)10-3-4-10/h2,5-6,10,13,16H,3-4,8H2,1H3,(H,17,18). The average molecular weight is 260 g/mol. The number of benzene rings is 1. The van der Waals surface area contributed by atoms with Gasteiger partial charge in [-0.25, -0.2) is 0 Å². The number of carbonyl (C=O) groups is 1. The lowest BCUT2D eigenvalue weighted by Gasteiger charge is -2.14. The Morgan fingerprint density at radius 1 is 1.63 bits per heavy atom. The van der Waals surface area contributed by atoms with E-state index >= 15 is 0 Å². The van der Waals surface area contributed by atoms with Crippen LogP contribution in [0.4, 0.5) is 0 Å². The lowest BCUT2D eigenvalue weighted by molar-refractivity contribution is -0.140. The van der Waals surface area contributed by atoms with Gasteiger partial charge in [-0.05, 0) is 36.5 Å². The minimum atomic E-state index is -0.809. The fourth-order valence-electron chi connectivity index (χ4n) is 2.07. The Kier molecular flexibility index (Phi) is 4.03. The van der Waals surface area contributed by atoms with Crippen LogP contribution >= 0.6 is 0 Å². The number of hydrogen-bond donors (Lipinski definition) is 2. The Morgan fingerprint density at radius 3 is 2.89 bits per heavy atom. The number of ether oxygens (including phenoxy) is 1. The molecule has 2 rings (SSSR count). The zero-order valence-corrected chi connectivity index (χ0v) is 10.7. The molecule has 0 spiro atoms. The molecule has 0 amide bonds. The summed E-state index contributed by atoms with van der Waals surface area (Å²) in [4.78, 5) is 11.1. The topological polar surface area (TPSA) is 82.3 Å². The second-order valence-corrected chi connectivity index (χ2v) is 4.68. The largest absolute Gasteiger partial charge is 0.495 e. The van der Waals surface area contributed by atoms with Gasteiger partial charge in [0.05, 0.1) is 12.7 Å². The summed E-state index contributed by atoms with van der Waals surface area (Å²) in [6, 6.07) is 6.85. The molecule has 1 atom stereocenters. The highest BCUT2D eigenvalue weighted by Gasteiger charge is 2.35. The normalized spacial score (nSPS) is 15.6. The zero-order valence-electron chi connectivity index (χ0n) is 10.7. The van der Waals surface area contributed by atoms with E-state index in [0.717, 1.165) is 18.4 Å². The maximum absolute atomic E-state index is 11.1. The van der Waals surface area contributed by atoms with Crippen LogP contribution in [0.2, 0.25) is 0 Å². The lowest BCUT2D eigenvalue weighted by atomic mass is 10.1. The highest BCUT2D eigenvalue weighted by Crippen LogP contribution is 2.33. The van der Waals surface area contributed by atoms with Crippen molar-refractivity contribution < 1.29 is 14.6 Å². The SMILES string of the molecule is COc1ccc(CNC(C(=O)O)C2CC2)cc1C#N. The first kappa shape index (κ1) is 13.4. The number of nitrogens with one attached hydrogen (secondary N) is 1. The molecule has 0 aromatic heterocycles. The Morgan fingerprint density at radius 2 is 2.37 bits per heavy atom. The Labute approximate surface area is 111 Å². The molecule has 0 heterocycles. The molecule has 100 valence electrons. The second-order valence-electron chi connectivity index (χ2n) is 4.68. The molecule has 5 heteroatoms. The predicted octanol–water partition coefficient (Wildman–Crippen LogP) is 1.52. The van der Waals surface area contributed by atoms with Crippen LogP contribution in [0.1, 0.15) is 24.0 Å². The van der Waals surface area contributed by atoms with E-state index in [1.165, 1.54) is 7.11 Å². The molecule has 5 nitrogen and oxygen atoms in total. The molecule has 0 aliphatic heterocycles. The van der Waals surface area contributed by atoms with Crippen LogP contribution in [-0.2, 0) is 11.3 Å². The molecule has 0 radical (unpaired) electrons. The van der Waals surface area contributed by atoms with Crippen LogP contribution in [0.3, 0.4) is 0 Å². The maximum Gasteiger partial charge on any atom is 0.320 e. The predicted molar refractivity (Wildman–Crippen MR) is 68.7 cm³/mol. The first-order chi connectivity index (χ1) is 9.15. The summed E-state index contributed by atoms with van der Waals surface area (Å²) in [5, 5.41) is 21.1. The number of nitriles is 1. The highest BCUT2D eigenvalue weighted by atomic mass is 16.5. The van der Waals surface area contributed by atoms with Crippen LogP contribution in [0, 0.1) is 17.2 Å². The van der Waals surface area contributed by atoms with Gasteiger partial charge in [0, 0.05) is 6.54 Å². The highest BCUT2D eigenvalue weighted by molar-refractivity contribution is 5.74. The van der Waals surface area contributed by atoms with E-state index in [2.05, 4.69) is 11.4 Å². The summed E-state index contributed by atoms with van der Waals surface area (Å²) >= 11 is 0. The van der Waals surface area contributed by atoms with Crippen molar-refractivity contribution in [3.63, 3.8) is 0 Å². The van der Waals surface area contributed by atoms with Crippen molar-refractivity contribution in [1.29, 1.82) is 5.26 Å². The molecule has 1 saturated carbocycles. The van der Waals surface area contributed by atoms with Crippen LogP contribution in [-0.4, -0.2) is 24.2 Å². The number of methoxy groups -OCH3 is 1. The summed E-state index contributed by atoms with van der Waals surface area (Å²) < 4.78 is 5.07. The average Bonchev–Trinajstić information content (AvgIpc) is 3.23. The summed E-state index contributed by atoms with van der Waals surface area (Å²) in [5.41, 5.74) is 1.34. The molecule has 1 aliphatic carbocycles. The van der Waals surface area contributed by atoms with Crippen LogP contribution in [0.15, 0.2) is 18.2 Å². The van der Waals surface area contributed by atoms with Crippen molar-refractivity contribution >= 4 is 5.97 Å². The van der Waals surface area contributed by atoms with Gasteiger partial charge in [0.25, 0.3) is 0 Å². The molecule has 19 heavy (non-hydrogen) atoms. The molecule has 1 aliphatic rings. The van der Waals surface area contributed by atoms with Crippen molar-refractivity contribution in [2.45, 2.75) is 25.4 Å². The third-order valence-electron chi connectivity index (χ3n) is 3.27. The Hall–Kier alpha value is -2.06. The van der Waals surface area contributed by atoms with E-state index in [0.29, 0.717) is 17.9 Å². The van der Waals surface area contributed by atoms with Crippen molar-refractivity contribution in [3.8, 4) is 11.8 Å². The van der Waals surface area contributed by atoms with E-state index in [-0.39, 0.29) is 5.92 Å². The molecule has 2 N–H and O–H groups in total. The van der Waals surface area contributed by atoms with Crippen molar-refractivity contribution in [2.24, 2.45) is 5.92 Å². The number of aliphatic carboxylic acids is 1. The summed E-state index contributed by atoms with van der Waals surface area (Å²) in [5.74, 6) is -0.0362. The third-order valence-corrected chi connectivity index (χ3v) is 3.27. The zero-order chi connectivity index (χ0) is 13.8. The fourth-order valence-corrected chi connectivity index (χ4v) is 2.07. The maximum atomic E-state index is 11.1. The molecular weight excluding hydrogens is 244 g/mol. The van der Waals surface area contributed by atoms with Crippen LogP contribution in [0.25, 0.3) is 0 Å². The van der Waals surface area contributed by atoms with Crippen molar-refractivity contribution in [1.82, 2.24) is 5.32 Å². The van der Waals surface area contributed by atoms with Gasteiger partial charge in [-0.1, -0.05) is 6.07 Å². The van der Waals surface area contributed by atoms with E-state index < -0.39 is 12.0 Å². The van der Waals surface area contributed by atoms with Gasteiger partial charge in [-0.2, -0.15) is 5.26 Å². The van der Waals surface area contributed by atoms with Crippen molar-refractivity contribution in [3.05, 3.63) is 29.3 Å². The van der Waals surface area contributed by atoms with Gasteiger partial charge >= 0.3 is 5.97 Å². The quantitative estimate of drug-likeness (QED) is 0.810. The number of rotatable bonds is 6. The van der Waals surface area contributed by atoms with Gasteiger partial charge in [-0.3, -0.25) is 4.79 Å². The Balaban J connectivity index is 2.03. The number of hydrogen-bond acceptors (Lipinski definition) is 4. The minimum absolute atomic E-state index is 0.242. The first-order valence-corrected chi connectivity index (χ1v) is 6.19. The monoisotopic (exact) mass is 260 g/mol. The van der Waals surface area contributed by atoms with E-state index in [4.69, 9.17) is 15.1 Å². The van der Waals surface area contributed by atoms with Gasteiger partial charge in [0.1, 0.15) is 17.9 Å². The third kappa shape index (κ3) is 3.24. The lowest BCUT2D eigenvalue weighted by Crippen LogP contribution is -2.38. The van der Waals surface area contributed by atoms with E-state index in [1.807, 2.05) is 6.07 Å². The minimum Gasteiger partial charge on any atom is -0.495 e. The molecule has 1 unspecified atom stereocenters. The molecule has 1 fully saturated rings. The first-order valence-electron chi connectivity index (χ1n) is 6.19. The summed E-state index contributed by atoms with van der Waals surface area (Å²) in [6.45, 7) is 0.437. The van der Waals surface area contributed by atoms with E-state index in [1.54, 1.807) is 12.1 Å². The fraction of sp³-hybridized carbons (Fsp3) is 0.429.